The van der Waals surface area contributed by atoms with Crippen LogP contribution in [0.1, 0.15) is 6.42 Å². The van der Waals surface area contributed by atoms with Crippen molar-refractivity contribution in [2.75, 3.05) is 12.3 Å². The Labute approximate surface area is 90.3 Å². The van der Waals surface area contributed by atoms with E-state index in [0.29, 0.717) is 6.42 Å². The highest BCUT2D eigenvalue weighted by Crippen LogP contribution is 2.33. The Kier molecular flexibility index (Phi) is 2.86. The molecule has 0 bridgehead atoms. The number of alkyl halides is 1. The molecule has 3 atom stereocenters. The minimum Gasteiger partial charge on any atom is -0.457 e. The summed E-state index contributed by atoms with van der Waals surface area (Å²) in [7, 11) is 0. The van der Waals surface area contributed by atoms with Crippen LogP contribution < -0.4 is 10.5 Å². The average Bonchev–Trinajstić information content (AvgIpc) is 2.28. The summed E-state index contributed by atoms with van der Waals surface area (Å²) >= 11 is 0. The van der Waals surface area contributed by atoms with Gasteiger partial charge >= 0.3 is 6.01 Å². The van der Waals surface area contributed by atoms with Gasteiger partial charge in [-0.25, -0.2) is 13.8 Å². The van der Waals surface area contributed by atoms with Crippen molar-refractivity contribution in [2.24, 2.45) is 5.92 Å². The number of aromatic nitrogens is 2. The first kappa shape index (κ1) is 11.0. The molecule has 0 aliphatic heterocycles. The number of aliphatic hydroxyl groups is 1. The SMILES string of the molecule is Nc1nc(O[C@@H]2C[C@H](CO)[C@@H]2F)ncc1F. The van der Waals surface area contributed by atoms with Crippen LogP contribution in [0.4, 0.5) is 14.6 Å². The van der Waals surface area contributed by atoms with Crippen molar-refractivity contribution in [3.63, 3.8) is 0 Å². The molecule has 0 aromatic carbocycles. The predicted octanol–water partition coefficient (Wildman–Crippen LogP) is 0.296. The van der Waals surface area contributed by atoms with Gasteiger partial charge in [0.25, 0.3) is 0 Å². The van der Waals surface area contributed by atoms with Crippen molar-refractivity contribution in [3.8, 4) is 6.01 Å². The van der Waals surface area contributed by atoms with Crippen LogP contribution in [0.3, 0.4) is 0 Å². The zero-order valence-corrected chi connectivity index (χ0v) is 8.31. The molecule has 1 aliphatic rings. The second-order valence-electron chi connectivity index (χ2n) is 3.66. The summed E-state index contributed by atoms with van der Waals surface area (Å²) in [6.45, 7) is -0.215. The van der Waals surface area contributed by atoms with Gasteiger partial charge < -0.3 is 15.6 Å². The number of hydrogen-bond acceptors (Lipinski definition) is 5. The van der Waals surface area contributed by atoms with Crippen LogP contribution in [0.2, 0.25) is 0 Å². The van der Waals surface area contributed by atoms with E-state index in [0.717, 1.165) is 6.20 Å². The Morgan fingerprint density at radius 2 is 2.38 bits per heavy atom. The fourth-order valence-corrected chi connectivity index (χ4v) is 1.51. The molecule has 0 amide bonds. The summed E-state index contributed by atoms with van der Waals surface area (Å²) < 4.78 is 31.1. The molecule has 16 heavy (non-hydrogen) atoms. The summed E-state index contributed by atoms with van der Waals surface area (Å²) in [5.41, 5.74) is 5.20. The number of rotatable bonds is 3. The first-order valence-electron chi connectivity index (χ1n) is 4.81. The van der Waals surface area contributed by atoms with Crippen molar-refractivity contribution in [3.05, 3.63) is 12.0 Å². The third-order valence-electron chi connectivity index (χ3n) is 2.58. The second kappa shape index (κ2) is 4.17. The first-order chi connectivity index (χ1) is 7.61. The molecule has 1 saturated carbocycles. The number of nitrogens with zero attached hydrogens (tertiary/aromatic N) is 2. The quantitative estimate of drug-likeness (QED) is 0.781. The minimum absolute atomic E-state index is 0.150. The highest BCUT2D eigenvalue weighted by atomic mass is 19.1. The van der Waals surface area contributed by atoms with Crippen LogP contribution in [0.25, 0.3) is 0 Å². The third kappa shape index (κ3) is 1.90. The van der Waals surface area contributed by atoms with Crippen LogP contribution >= 0.6 is 0 Å². The van der Waals surface area contributed by atoms with E-state index >= 15 is 0 Å². The van der Waals surface area contributed by atoms with E-state index in [4.69, 9.17) is 15.6 Å². The summed E-state index contributed by atoms with van der Waals surface area (Å²) in [6, 6.07) is -0.150. The van der Waals surface area contributed by atoms with Crippen molar-refractivity contribution < 1.29 is 18.6 Å². The van der Waals surface area contributed by atoms with Gasteiger partial charge in [0.15, 0.2) is 11.6 Å². The number of halogens is 2. The summed E-state index contributed by atoms with van der Waals surface area (Å²) in [4.78, 5) is 7.05. The minimum atomic E-state index is -1.25. The lowest BCUT2D eigenvalue weighted by molar-refractivity contribution is -0.0613. The maximum absolute atomic E-state index is 13.3. The molecule has 1 heterocycles. The number of nitrogens with two attached hydrogens (primary N) is 1. The monoisotopic (exact) mass is 231 g/mol. The largest absolute Gasteiger partial charge is 0.457 e. The fraction of sp³-hybridized carbons (Fsp3) is 0.556. The Hall–Kier alpha value is -1.50. The van der Waals surface area contributed by atoms with Gasteiger partial charge in [-0.15, -0.1) is 0 Å². The van der Waals surface area contributed by atoms with Gasteiger partial charge in [0.2, 0.25) is 0 Å². The summed E-state index contributed by atoms with van der Waals surface area (Å²) in [5.74, 6) is -1.48. The van der Waals surface area contributed by atoms with E-state index in [2.05, 4.69) is 9.97 Å². The number of nitrogen functional groups attached to an aromatic ring is 1. The normalized spacial score (nSPS) is 28.6. The maximum atomic E-state index is 13.3. The molecule has 1 aromatic heterocycles. The van der Waals surface area contributed by atoms with Gasteiger partial charge in [-0.2, -0.15) is 4.98 Å². The lowest BCUT2D eigenvalue weighted by Gasteiger charge is -2.37. The lowest BCUT2D eigenvalue weighted by Crippen LogP contribution is -2.48. The van der Waals surface area contributed by atoms with E-state index in [1.165, 1.54) is 0 Å². The molecular weight excluding hydrogens is 220 g/mol. The highest BCUT2D eigenvalue weighted by Gasteiger charge is 2.43. The Balaban J connectivity index is 1.98. The molecular formula is C9H11F2N3O2. The first-order valence-corrected chi connectivity index (χ1v) is 4.81. The van der Waals surface area contributed by atoms with E-state index in [-0.39, 0.29) is 18.4 Å². The Bertz CT molecular complexity index is 391. The molecule has 3 N–H and O–H groups in total. The smallest absolute Gasteiger partial charge is 0.318 e. The van der Waals surface area contributed by atoms with Gasteiger partial charge in [-0.1, -0.05) is 0 Å². The Morgan fingerprint density at radius 1 is 1.62 bits per heavy atom. The number of aliphatic hydroxyl groups excluding tert-OH is 1. The van der Waals surface area contributed by atoms with E-state index in [1.54, 1.807) is 0 Å². The highest BCUT2D eigenvalue weighted by molar-refractivity contribution is 5.29. The molecule has 88 valence electrons. The third-order valence-corrected chi connectivity index (χ3v) is 2.58. The maximum Gasteiger partial charge on any atom is 0.318 e. The molecule has 0 saturated heterocycles. The lowest BCUT2D eigenvalue weighted by atomic mass is 9.81. The zero-order chi connectivity index (χ0) is 11.7. The van der Waals surface area contributed by atoms with E-state index < -0.39 is 24.0 Å². The van der Waals surface area contributed by atoms with Gasteiger partial charge in [0.1, 0.15) is 12.3 Å². The molecule has 0 radical (unpaired) electrons. The zero-order valence-electron chi connectivity index (χ0n) is 8.31. The van der Waals surface area contributed by atoms with Crippen molar-refractivity contribution in [2.45, 2.75) is 18.7 Å². The van der Waals surface area contributed by atoms with Crippen LogP contribution in [0, 0.1) is 11.7 Å². The van der Waals surface area contributed by atoms with Crippen LogP contribution in [0.5, 0.6) is 6.01 Å². The summed E-state index contributed by atoms with van der Waals surface area (Å²) in [5, 5.41) is 8.72. The number of ether oxygens (including phenoxy) is 1. The van der Waals surface area contributed by atoms with Gasteiger partial charge in [0, 0.05) is 12.5 Å². The van der Waals surface area contributed by atoms with Crippen molar-refractivity contribution in [1.29, 1.82) is 0 Å². The predicted molar refractivity (Wildman–Crippen MR) is 50.9 cm³/mol. The number of anilines is 1. The molecule has 1 aliphatic carbocycles. The van der Waals surface area contributed by atoms with E-state index in [9.17, 15) is 8.78 Å². The molecule has 1 fully saturated rings. The van der Waals surface area contributed by atoms with Crippen molar-refractivity contribution >= 4 is 5.82 Å². The Morgan fingerprint density at radius 3 is 2.94 bits per heavy atom. The molecule has 0 spiro atoms. The molecule has 5 nitrogen and oxygen atoms in total. The molecule has 7 heteroatoms. The fourth-order valence-electron chi connectivity index (χ4n) is 1.51. The molecule has 1 aromatic rings. The van der Waals surface area contributed by atoms with E-state index in [1.807, 2.05) is 0 Å². The van der Waals surface area contributed by atoms with Gasteiger partial charge in [0.05, 0.1) is 6.20 Å². The number of hydrogen-bond donors (Lipinski definition) is 2. The van der Waals surface area contributed by atoms with Gasteiger partial charge in [-0.3, -0.25) is 0 Å². The van der Waals surface area contributed by atoms with Gasteiger partial charge in [-0.05, 0) is 6.42 Å². The molecule has 2 rings (SSSR count). The van der Waals surface area contributed by atoms with Crippen molar-refractivity contribution in [1.82, 2.24) is 9.97 Å². The average molecular weight is 231 g/mol. The molecule has 0 unspecified atom stereocenters. The van der Waals surface area contributed by atoms with Crippen LogP contribution in [0.15, 0.2) is 6.20 Å². The standard InChI is InChI=1S/C9H11F2N3O2/c10-5-2-13-9(14-8(5)12)16-6-1-4(3-15)7(6)11/h2,4,6-7,15H,1,3H2,(H2,12,13,14)/t4-,6-,7+/m1/s1. The van der Waals surface area contributed by atoms with Crippen LogP contribution in [-0.4, -0.2) is 34.0 Å². The second-order valence-corrected chi connectivity index (χ2v) is 3.66. The topological polar surface area (TPSA) is 81.3 Å². The van der Waals surface area contributed by atoms with Crippen LogP contribution in [-0.2, 0) is 0 Å². The summed E-state index contributed by atoms with van der Waals surface area (Å²) in [6.07, 6.45) is -0.687.